The minimum absolute atomic E-state index is 0.151. The molecular weight excluding hydrogens is 228 g/mol. The number of carbonyl (C=O) groups excluding carboxylic acids is 1. The van der Waals surface area contributed by atoms with Crippen LogP contribution in [0.15, 0.2) is 30.3 Å². The van der Waals surface area contributed by atoms with Crippen molar-refractivity contribution in [2.75, 3.05) is 13.2 Å². The summed E-state index contributed by atoms with van der Waals surface area (Å²) in [5, 5.41) is 2.82. The van der Waals surface area contributed by atoms with Gasteiger partial charge in [-0.3, -0.25) is 4.79 Å². The van der Waals surface area contributed by atoms with E-state index in [1.165, 1.54) is 0 Å². The molecule has 0 aromatic heterocycles. The number of hydrogen-bond donors (Lipinski definition) is 2. The fourth-order valence-electron chi connectivity index (χ4n) is 1.53. The van der Waals surface area contributed by atoms with Crippen LogP contribution < -0.4 is 11.1 Å². The van der Waals surface area contributed by atoms with Gasteiger partial charge >= 0.3 is 0 Å². The third-order valence-electron chi connectivity index (χ3n) is 2.39. The Balaban J connectivity index is 2.70. The summed E-state index contributed by atoms with van der Waals surface area (Å²) in [4.78, 5) is 12.1. The van der Waals surface area contributed by atoms with Crippen LogP contribution in [0.1, 0.15) is 32.4 Å². The lowest BCUT2D eigenvalue weighted by molar-refractivity contribution is -0.133. The van der Waals surface area contributed by atoms with Crippen LogP contribution in [0.5, 0.6) is 0 Å². The zero-order valence-corrected chi connectivity index (χ0v) is 11.3. The zero-order chi connectivity index (χ0) is 13.6. The van der Waals surface area contributed by atoms with Crippen molar-refractivity contribution in [3.05, 3.63) is 35.9 Å². The fourth-order valence-corrected chi connectivity index (χ4v) is 1.53. The molecule has 1 aromatic rings. The molecule has 0 saturated carbocycles. The summed E-state index contributed by atoms with van der Waals surface area (Å²) < 4.78 is 5.50. The van der Waals surface area contributed by atoms with Crippen LogP contribution in [0, 0.1) is 0 Å². The number of rotatable bonds is 6. The maximum Gasteiger partial charge on any atom is 0.253 e. The highest BCUT2D eigenvalue weighted by Crippen LogP contribution is 2.17. The van der Waals surface area contributed by atoms with Crippen LogP contribution in [-0.2, 0) is 9.53 Å². The van der Waals surface area contributed by atoms with Crippen molar-refractivity contribution in [1.29, 1.82) is 0 Å². The van der Waals surface area contributed by atoms with Gasteiger partial charge in [-0.15, -0.1) is 0 Å². The minimum Gasteiger partial charge on any atom is -0.364 e. The van der Waals surface area contributed by atoms with Gasteiger partial charge in [0.25, 0.3) is 5.91 Å². The second kappa shape index (κ2) is 6.52. The Morgan fingerprint density at radius 3 is 2.50 bits per heavy atom. The molecule has 1 amide bonds. The van der Waals surface area contributed by atoms with E-state index in [0.29, 0.717) is 13.2 Å². The Bertz CT molecular complexity index is 371. The molecule has 0 heterocycles. The second-order valence-corrected chi connectivity index (χ2v) is 4.95. The molecular formula is C14H22N2O2. The maximum atomic E-state index is 12.1. The molecule has 18 heavy (non-hydrogen) atoms. The average Bonchev–Trinajstić information content (AvgIpc) is 2.33. The summed E-state index contributed by atoms with van der Waals surface area (Å²) in [6.07, 6.45) is -0.571. The lowest BCUT2D eigenvalue weighted by Crippen LogP contribution is -2.46. The van der Waals surface area contributed by atoms with Crippen LogP contribution in [0.2, 0.25) is 0 Å². The third kappa shape index (κ3) is 4.85. The van der Waals surface area contributed by atoms with E-state index in [2.05, 4.69) is 5.32 Å². The molecule has 3 N–H and O–H groups in total. The van der Waals surface area contributed by atoms with Crippen molar-refractivity contribution in [3.63, 3.8) is 0 Å². The van der Waals surface area contributed by atoms with Crippen LogP contribution >= 0.6 is 0 Å². The summed E-state index contributed by atoms with van der Waals surface area (Å²) in [6, 6.07) is 9.46. The number of benzene rings is 1. The molecule has 4 nitrogen and oxygen atoms in total. The molecule has 0 radical (unpaired) electrons. The number of nitrogens with two attached hydrogens (primary N) is 1. The van der Waals surface area contributed by atoms with Crippen LogP contribution in [0.4, 0.5) is 0 Å². The van der Waals surface area contributed by atoms with E-state index in [0.717, 1.165) is 5.56 Å². The van der Waals surface area contributed by atoms with E-state index >= 15 is 0 Å². The van der Waals surface area contributed by atoms with Crippen molar-refractivity contribution >= 4 is 5.91 Å². The predicted molar refractivity (Wildman–Crippen MR) is 72.1 cm³/mol. The Hall–Kier alpha value is -1.39. The summed E-state index contributed by atoms with van der Waals surface area (Å²) in [6.45, 7) is 6.51. The van der Waals surface area contributed by atoms with E-state index in [9.17, 15) is 4.79 Å². The normalized spacial score (nSPS) is 13.1. The Labute approximate surface area is 109 Å². The Morgan fingerprint density at radius 1 is 1.39 bits per heavy atom. The first-order valence-electron chi connectivity index (χ1n) is 6.17. The fraction of sp³-hybridized carbons (Fsp3) is 0.500. The molecule has 0 fully saturated rings. The van der Waals surface area contributed by atoms with Gasteiger partial charge in [0.05, 0.1) is 0 Å². The topological polar surface area (TPSA) is 64.3 Å². The molecule has 0 spiro atoms. The number of carbonyl (C=O) groups is 1. The summed E-state index contributed by atoms with van der Waals surface area (Å²) in [5.74, 6) is -0.151. The van der Waals surface area contributed by atoms with Gasteiger partial charge in [-0.05, 0) is 26.3 Å². The molecule has 0 aliphatic carbocycles. The second-order valence-electron chi connectivity index (χ2n) is 4.95. The minimum atomic E-state index is -0.571. The molecule has 4 heteroatoms. The molecule has 0 aliphatic heterocycles. The first-order chi connectivity index (χ1) is 8.44. The highest BCUT2D eigenvalue weighted by Gasteiger charge is 2.22. The van der Waals surface area contributed by atoms with Gasteiger partial charge in [0.1, 0.15) is 0 Å². The first kappa shape index (κ1) is 14.7. The quantitative estimate of drug-likeness (QED) is 0.806. The van der Waals surface area contributed by atoms with Crippen molar-refractivity contribution in [2.45, 2.75) is 32.4 Å². The van der Waals surface area contributed by atoms with Crippen LogP contribution in [0.25, 0.3) is 0 Å². The number of nitrogens with one attached hydrogen (secondary N) is 1. The van der Waals surface area contributed by atoms with Gasteiger partial charge in [0.2, 0.25) is 0 Å². The molecule has 1 aromatic carbocycles. The maximum absolute atomic E-state index is 12.1. The van der Waals surface area contributed by atoms with Gasteiger partial charge in [0, 0.05) is 18.7 Å². The monoisotopic (exact) mass is 250 g/mol. The molecule has 100 valence electrons. The largest absolute Gasteiger partial charge is 0.364 e. The molecule has 0 saturated heterocycles. The van der Waals surface area contributed by atoms with E-state index in [4.69, 9.17) is 10.5 Å². The van der Waals surface area contributed by atoms with E-state index in [-0.39, 0.29) is 5.91 Å². The zero-order valence-electron chi connectivity index (χ0n) is 11.3. The number of ether oxygens (including phenoxy) is 1. The van der Waals surface area contributed by atoms with E-state index in [1.54, 1.807) is 0 Å². The van der Waals surface area contributed by atoms with Crippen molar-refractivity contribution in [3.8, 4) is 0 Å². The summed E-state index contributed by atoms with van der Waals surface area (Å²) in [5.41, 5.74) is 6.27. The number of hydrogen-bond acceptors (Lipinski definition) is 3. The average molecular weight is 250 g/mol. The highest BCUT2D eigenvalue weighted by molar-refractivity contribution is 5.82. The standard InChI is InChI=1S/C14H22N2O2/c1-4-18-12(11-8-6-5-7-9-11)13(17)16-10-14(2,3)15/h5-9,12H,4,10,15H2,1-3H3,(H,16,17). The van der Waals surface area contributed by atoms with E-state index in [1.807, 2.05) is 51.1 Å². The van der Waals surface area contributed by atoms with Gasteiger partial charge in [-0.2, -0.15) is 0 Å². The summed E-state index contributed by atoms with van der Waals surface area (Å²) in [7, 11) is 0. The van der Waals surface area contributed by atoms with Crippen molar-refractivity contribution in [1.82, 2.24) is 5.32 Å². The predicted octanol–water partition coefficient (Wildman–Crippen LogP) is 1.62. The molecule has 0 aliphatic rings. The lowest BCUT2D eigenvalue weighted by Gasteiger charge is -2.22. The molecule has 1 rings (SSSR count). The molecule has 0 bridgehead atoms. The van der Waals surface area contributed by atoms with E-state index < -0.39 is 11.6 Å². The van der Waals surface area contributed by atoms with Gasteiger partial charge in [0.15, 0.2) is 6.10 Å². The van der Waals surface area contributed by atoms with Crippen molar-refractivity contribution < 1.29 is 9.53 Å². The smallest absolute Gasteiger partial charge is 0.253 e. The third-order valence-corrected chi connectivity index (χ3v) is 2.39. The van der Waals surface area contributed by atoms with Crippen LogP contribution in [-0.4, -0.2) is 24.6 Å². The van der Waals surface area contributed by atoms with Gasteiger partial charge in [-0.25, -0.2) is 0 Å². The SMILES string of the molecule is CCOC(C(=O)NCC(C)(C)N)c1ccccc1. The van der Waals surface area contributed by atoms with Crippen molar-refractivity contribution in [2.24, 2.45) is 5.73 Å². The highest BCUT2D eigenvalue weighted by atomic mass is 16.5. The number of amides is 1. The summed E-state index contributed by atoms with van der Waals surface area (Å²) >= 11 is 0. The van der Waals surface area contributed by atoms with Crippen LogP contribution in [0.3, 0.4) is 0 Å². The Morgan fingerprint density at radius 2 is 2.00 bits per heavy atom. The lowest BCUT2D eigenvalue weighted by atomic mass is 10.1. The Kier molecular flexibility index (Phi) is 5.31. The molecule has 1 unspecified atom stereocenters. The van der Waals surface area contributed by atoms with Gasteiger partial charge < -0.3 is 15.8 Å². The first-order valence-corrected chi connectivity index (χ1v) is 6.17. The van der Waals surface area contributed by atoms with Gasteiger partial charge in [-0.1, -0.05) is 30.3 Å². The molecule has 1 atom stereocenters.